The second-order valence-corrected chi connectivity index (χ2v) is 1.65. The number of nitrogens with zero attached hydrogens (tertiary/aromatic N) is 1. The fraction of sp³-hybridized carbons (Fsp3) is 0.800. The highest BCUT2D eigenvalue weighted by Crippen LogP contribution is 1.79. The highest BCUT2D eigenvalue weighted by Gasteiger charge is 1.88. The predicted molar refractivity (Wildman–Crippen MR) is 29.8 cm³/mol. The van der Waals surface area contributed by atoms with Crippen molar-refractivity contribution in [2.75, 3.05) is 6.54 Å². The molecule has 0 aliphatic carbocycles. The standard InChI is InChI=1S/C5H10N2O/c1-5(2)8-7-4-3-6/h5,7H,4H2,1-2H3. The van der Waals surface area contributed by atoms with Gasteiger partial charge in [-0.15, -0.1) is 0 Å². The molecule has 46 valence electrons. The third kappa shape index (κ3) is 5.41. The van der Waals surface area contributed by atoms with Crippen LogP contribution in [-0.2, 0) is 4.84 Å². The molecule has 0 radical (unpaired) electrons. The minimum atomic E-state index is 0.142. The van der Waals surface area contributed by atoms with Gasteiger partial charge in [0.1, 0.15) is 6.54 Å². The van der Waals surface area contributed by atoms with Crippen molar-refractivity contribution in [3.63, 3.8) is 0 Å². The molecule has 0 amide bonds. The highest BCUT2D eigenvalue weighted by atomic mass is 16.7. The zero-order valence-electron chi connectivity index (χ0n) is 5.14. The average Bonchev–Trinajstić information content (AvgIpc) is 1.66. The Hall–Kier alpha value is -0.590. The van der Waals surface area contributed by atoms with Gasteiger partial charge < -0.3 is 0 Å². The van der Waals surface area contributed by atoms with Gasteiger partial charge in [0, 0.05) is 0 Å². The van der Waals surface area contributed by atoms with Gasteiger partial charge in [0.2, 0.25) is 0 Å². The molecule has 1 N–H and O–H groups in total. The molecule has 0 rings (SSSR count). The molecule has 0 saturated carbocycles. The molecule has 0 fully saturated rings. The molecule has 0 spiro atoms. The van der Waals surface area contributed by atoms with E-state index in [9.17, 15) is 0 Å². The molecular formula is C5H10N2O. The first-order valence-corrected chi connectivity index (χ1v) is 2.53. The molecule has 0 aliphatic rings. The fourth-order valence-corrected chi connectivity index (χ4v) is 0.241. The van der Waals surface area contributed by atoms with Gasteiger partial charge in [-0.05, 0) is 13.8 Å². The van der Waals surface area contributed by atoms with Gasteiger partial charge in [-0.2, -0.15) is 10.7 Å². The maximum absolute atomic E-state index is 7.99. The van der Waals surface area contributed by atoms with E-state index in [1.807, 2.05) is 19.9 Å². The fourth-order valence-electron chi connectivity index (χ4n) is 0.241. The number of nitriles is 1. The summed E-state index contributed by atoms with van der Waals surface area (Å²) in [5.41, 5.74) is 2.47. The Morgan fingerprint density at radius 3 is 2.75 bits per heavy atom. The third-order valence-electron chi connectivity index (χ3n) is 0.470. The van der Waals surface area contributed by atoms with Gasteiger partial charge in [-0.25, -0.2) is 0 Å². The zero-order valence-corrected chi connectivity index (χ0v) is 5.14. The van der Waals surface area contributed by atoms with Crippen LogP contribution in [0.3, 0.4) is 0 Å². The van der Waals surface area contributed by atoms with Crippen molar-refractivity contribution in [2.45, 2.75) is 20.0 Å². The lowest BCUT2D eigenvalue weighted by Gasteiger charge is -2.03. The Morgan fingerprint density at radius 1 is 1.75 bits per heavy atom. The summed E-state index contributed by atoms with van der Waals surface area (Å²) in [7, 11) is 0. The van der Waals surface area contributed by atoms with Crippen LogP contribution in [0.15, 0.2) is 0 Å². The number of rotatable bonds is 3. The summed E-state index contributed by atoms with van der Waals surface area (Å²) in [4.78, 5) is 4.81. The second kappa shape index (κ2) is 4.57. The zero-order chi connectivity index (χ0) is 6.41. The lowest BCUT2D eigenvalue weighted by molar-refractivity contribution is 0.00225. The Labute approximate surface area is 49.2 Å². The number of hydrogen-bond acceptors (Lipinski definition) is 3. The van der Waals surface area contributed by atoms with E-state index in [0.29, 0.717) is 0 Å². The Bertz CT molecular complexity index is 84.9. The lowest BCUT2D eigenvalue weighted by atomic mass is 10.5. The van der Waals surface area contributed by atoms with Crippen LogP contribution in [-0.4, -0.2) is 12.6 Å². The summed E-state index contributed by atoms with van der Waals surface area (Å²) in [6.07, 6.45) is 0.142. The molecule has 0 bridgehead atoms. The molecule has 0 unspecified atom stereocenters. The van der Waals surface area contributed by atoms with Gasteiger partial charge >= 0.3 is 0 Å². The summed E-state index contributed by atoms with van der Waals surface area (Å²) >= 11 is 0. The van der Waals surface area contributed by atoms with Gasteiger partial charge in [0.05, 0.1) is 12.2 Å². The SMILES string of the molecule is CC(C)ONCC#N. The normalized spacial score (nSPS) is 9.25. The van der Waals surface area contributed by atoms with E-state index < -0.39 is 0 Å². The Kier molecular flexibility index (Phi) is 4.23. The van der Waals surface area contributed by atoms with Gasteiger partial charge in [0.25, 0.3) is 0 Å². The van der Waals surface area contributed by atoms with Crippen LogP contribution < -0.4 is 5.48 Å². The molecule has 0 heterocycles. The first-order valence-electron chi connectivity index (χ1n) is 2.53. The number of hydroxylamine groups is 1. The Morgan fingerprint density at radius 2 is 2.38 bits per heavy atom. The van der Waals surface area contributed by atoms with Crippen molar-refractivity contribution >= 4 is 0 Å². The van der Waals surface area contributed by atoms with Crippen LogP contribution in [0.4, 0.5) is 0 Å². The molecule has 0 aromatic carbocycles. The largest absolute Gasteiger partial charge is 0.298 e. The summed E-state index contributed by atoms with van der Waals surface area (Å²) in [5.74, 6) is 0. The minimum absolute atomic E-state index is 0.142. The van der Waals surface area contributed by atoms with Gasteiger partial charge in [-0.3, -0.25) is 4.84 Å². The van der Waals surface area contributed by atoms with Crippen molar-refractivity contribution in [3.8, 4) is 6.07 Å². The molecule has 8 heavy (non-hydrogen) atoms. The van der Waals surface area contributed by atoms with E-state index in [-0.39, 0.29) is 12.6 Å². The predicted octanol–water partition coefficient (Wildman–Crippen LogP) is 0.440. The minimum Gasteiger partial charge on any atom is -0.298 e. The van der Waals surface area contributed by atoms with E-state index in [1.54, 1.807) is 0 Å². The van der Waals surface area contributed by atoms with E-state index in [2.05, 4.69) is 5.48 Å². The van der Waals surface area contributed by atoms with Gasteiger partial charge in [-0.1, -0.05) is 0 Å². The smallest absolute Gasteiger partial charge is 0.108 e. The van der Waals surface area contributed by atoms with Crippen molar-refractivity contribution in [1.82, 2.24) is 5.48 Å². The van der Waals surface area contributed by atoms with Crippen molar-refractivity contribution in [2.24, 2.45) is 0 Å². The summed E-state index contributed by atoms with van der Waals surface area (Å²) in [6.45, 7) is 4.03. The second-order valence-electron chi connectivity index (χ2n) is 1.65. The quantitative estimate of drug-likeness (QED) is 0.329. The monoisotopic (exact) mass is 114 g/mol. The maximum Gasteiger partial charge on any atom is 0.108 e. The third-order valence-corrected chi connectivity index (χ3v) is 0.470. The maximum atomic E-state index is 7.99. The van der Waals surface area contributed by atoms with E-state index in [1.165, 1.54) is 0 Å². The van der Waals surface area contributed by atoms with Crippen molar-refractivity contribution < 1.29 is 4.84 Å². The molecule has 0 aromatic heterocycles. The molecule has 3 heteroatoms. The average molecular weight is 114 g/mol. The van der Waals surface area contributed by atoms with Crippen molar-refractivity contribution in [1.29, 1.82) is 5.26 Å². The Balaban J connectivity index is 2.85. The van der Waals surface area contributed by atoms with Crippen molar-refractivity contribution in [3.05, 3.63) is 0 Å². The molecular weight excluding hydrogens is 104 g/mol. The summed E-state index contributed by atoms with van der Waals surface area (Å²) in [5, 5.41) is 7.99. The van der Waals surface area contributed by atoms with E-state index in [0.717, 1.165) is 0 Å². The van der Waals surface area contributed by atoms with Crippen LogP contribution in [0, 0.1) is 11.3 Å². The number of nitrogens with one attached hydrogen (secondary N) is 1. The highest BCUT2D eigenvalue weighted by molar-refractivity contribution is 4.69. The molecule has 0 aliphatic heterocycles. The topological polar surface area (TPSA) is 45.0 Å². The van der Waals surface area contributed by atoms with Crippen LogP contribution in [0.25, 0.3) is 0 Å². The summed E-state index contributed by atoms with van der Waals surface area (Å²) in [6, 6.07) is 1.89. The molecule has 0 aromatic rings. The van der Waals surface area contributed by atoms with E-state index >= 15 is 0 Å². The van der Waals surface area contributed by atoms with Crippen LogP contribution in [0.1, 0.15) is 13.8 Å². The van der Waals surface area contributed by atoms with Crippen LogP contribution in [0.5, 0.6) is 0 Å². The first kappa shape index (κ1) is 7.41. The molecule has 0 atom stereocenters. The molecule has 3 nitrogen and oxygen atoms in total. The molecule has 0 saturated heterocycles. The van der Waals surface area contributed by atoms with Crippen LogP contribution in [0.2, 0.25) is 0 Å². The summed E-state index contributed by atoms with van der Waals surface area (Å²) < 4.78 is 0. The number of hydrogen-bond donors (Lipinski definition) is 1. The van der Waals surface area contributed by atoms with Crippen LogP contribution >= 0.6 is 0 Å². The van der Waals surface area contributed by atoms with Gasteiger partial charge in [0.15, 0.2) is 0 Å². The lowest BCUT2D eigenvalue weighted by Crippen LogP contribution is -2.19. The first-order chi connectivity index (χ1) is 3.77. The van der Waals surface area contributed by atoms with E-state index in [4.69, 9.17) is 10.1 Å².